The van der Waals surface area contributed by atoms with Gasteiger partial charge >= 0.3 is 45.5 Å². The summed E-state index contributed by atoms with van der Waals surface area (Å²) in [6, 6.07) is 0. The van der Waals surface area contributed by atoms with Gasteiger partial charge < -0.3 is 12.0 Å². The van der Waals surface area contributed by atoms with Crippen LogP contribution < -0.4 is 0 Å². The Morgan fingerprint density at radius 1 is 2.00 bits per heavy atom. The molecule has 0 aliphatic carbocycles. The van der Waals surface area contributed by atoms with Crippen LogP contribution in [0.25, 0.3) is 0 Å². The molecule has 5 heavy (non-hydrogen) atoms. The van der Waals surface area contributed by atoms with Gasteiger partial charge in [0.05, 0.1) is 11.4 Å². The quantitative estimate of drug-likeness (QED) is 0.382. The van der Waals surface area contributed by atoms with Gasteiger partial charge in [0.15, 0.2) is 0 Å². The number of hydrogen-bond acceptors (Lipinski definition) is 2. The molecule has 0 aliphatic rings. The molecular formula is H3O3SSr-. The fraction of sp³-hybridized carbons (Fsp3) is 0. The molecule has 5 heteroatoms. The van der Waals surface area contributed by atoms with E-state index in [9.17, 15) is 0 Å². The average Bonchev–Trinajstić information content (AvgIpc) is 0.811. The fourth-order valence-electron chi connectivity index (χ4n) is 0. The third-order valence-electron chi connectivity index (χ3n) is 0. The zero-order valence-corrected chi connectivity index (χ0v) is 6.67. The Kier molecular flexibility index (Phi) is 10.8. The predicted molar refractivity (Wildman–Crippen MR) is 19.5 cm³/mol. The third kappa shape index (κ3) is 29.1. The second-order valence-electron chi connectivity index (χ2n) is 0.217. The Bertz CT molecular complexity index is 35.9. The van der Waals surface area contributed by atoms with Gasteiger partial charge in [0.1, 0.15) is 0 Å². The summed E-state index contributed by atoms with van der Waals surface area (Å²) >= 11 is -2.86. The van der Waals surface area contributed by atoms with E-state index < -0.39 is 11.4 Å². The first-order valence-electron chi connectivity index (χ1n) is 0.516. The molecular weight excluding hydrogens is 168 g/mol. The summed E-state index contributed by atoms with van der Waals surface area (Å²) in [6.45, 7) is 0. The van der Waals surface area contributed by atoms with Gasteiger partial charge in [0.25, 0.3) is 0 Å². The van der Waals surface area contributed by atoms with Crippen LogP contribution in [0.1, 0.15) is 2.85 Å². The van der Waals surface area contributed by atoms with Crippen molar-refractivity contribution in [3.05, 3.63) is 0 Å². The van der Waals surface area contributed by atoms with Crippen LogP contribution in [0.4, 0.5) is 0 Å². The van der Waals surface area contributed by atoms with Gasteiger partial charge in [-0.1, -0.05) is 0 Å². The maximum absolute atomic E-state index is 8.56. The minimum absolute atomic E-state index is 0. The van der Waals surface area contributed by atoms with E-state index in [2.05, 4.69) is 0 Å². The first-order valence-corrected chi connectivity index (χ1v) is 1.55. The van der Waals surface area contributed by atoms with Crippen molar-refractivity contribution in [2.24, 2.45) is 0 Å². The Balaban J connectivity index is -0.0000000150. The van der Waals surface area contributed by atoms with Crippen molar-refractivity contribution in [1.29, 1.82) is 0 Å². The first kappa shape index (κ1) is 9.75. The minimum Gasteiger partial charge on any atom is -1.00 e. The van der Waals surface area contributed by atoms with E-state index >= 15 is 0 Å². The summed E-state index contributed by atoms with van der Waals surface area (Å²) in [7, 11) is 0. The van der Waals surface area contributed by atoms with E-state index in [1.54, 1.807) is 0 Å². The standard InChI is InChI=1S/H2O3S.Sr.2H/c1-4(2)3;;;/h(H2,1,2,3);;;/q;+2;2*-1/p-1. The van der Waals surface area contributed by atoms with Crippen LogP contribution in [0.3, 0.4) is 0 Å². The summed E-state index contributed by atoms with van der Waals surface area (Å²) in [5, 5.41) is 0. The second kappa shape index (κ2) is 5.55. The molecule has 0 aliphatic heterocycles. The summed E-state index contributed by atoms with van der Waals surface area (Å²) in [4.78, 5) is 0. The molecule has 0 aromatic carbocycles. The van der Waals surface area contributed by atoms with Crippen LogP contribution >= 0.6 is 0 Å². The number of rotatable bonds is 0. The van der Waals surface area contributed by atoms with Crippen LogP contribution in [0.15, 0.2) is 0 Å². The Labute approximate surface area is 72.1 Å². The van der Waals surface area contributed by atoms with Gasteiger partial charge in [-0.05, 0) is 0 Å². The Morgan fingerprint density at radius 2 is 2.00 bits per heavy atom. The molecule has 0 saturated carbocycles. The molecule has 0 fully saturated rings. The van der Waals surface area contributed by atoms with Crippen molar-refractivity contribution in [3.63, 3.8) is 0 Å². The van der Waals surface area contributed by atoms with Gasteiger partial charge in [-0.3, -0.25) is 0 Å². The van der Waals surface area contributed by atoms with Gasteiger partial charge in [0, 0.05) is 0 Å². The van der Waals surface area contributed by atoms with Crippen molar-refractivity contribution < 1.29 is 16.2 Å². The third-order valence-corrected chi connectivity index (χ3v) is 0. The number of hydrogen-bond donors (Lipinski definition) is 1. The Hall–Kier alpha value is 1.55. The van der Waals surface area contributed by atoms with E-state index in [0.717, 1.165) is 0 Å². The van der Waals surface area contributed by atoms with Crippen molar-refractivity contribution >= 4 is 56.8 Å². The van der Waals surface area contributed by atoms with Crippen LogP contribution in [-0.4, -0.2) is 58.8 Å². The minimum atomic E-state index is -2.86. The van der Waals surface area contributed by atoms with Gasteiger partial charge in [-0.2, -0.15) is 0 Å². The predicted octanol–water partition coefficient (Wildman–Crippen LogP) is -0.817. The fourth-order valence-corrected chi connectivity index (χ4v) is 0. The molecule has 0 aromatic heterocycles. The molecule has 3 nitrogen and oxygen atoms in total. The molecule has 0 heterocycles. The molecule has 0 spiro atoms. The second-order valence-corrected chi connectivity index (χ2v) is 0.651. The Morgan fingerprint density at radius 3 is 2.00 bits per heavy atom. The smallest absolute Gasteiger partial charge is 1.00 e. The summed E-state index contributed by atoms with van der Waals surface area (Å²) in [5.74, 6) is 0. The van der Waals surface area contributed by atoms with E-state index in [1.807, 2.05) is 0 Å². The van der Waals surface area contributed by atoms with Crippen LogP contribution in [0.5, 0.6) is 0 Å². The zero-order valence-electron chi connectivity index (χ0n) is 4.38. The van der Waals surface area contributed by atoms with Crippen molar-refractivity contribution in [2.45, 2.75) is 0 Å². The molecule has 0 rings (SSSR count). The largest absolute Gasteiger partial charge is 2.00 e. The van der Waals surface area contributed by atoms with E-state index in [4.69, 9.17) is 13.3 Å². The molecule has 0 radical (unpaired) electrons. The molecule has 0 amide bonds. The molecule has 0 aromatic rings. The maximum Gasteiger partial charge on any atom is 2.00 e. The topological polar surface area (TPSA) is 60.4 Å². The van der Waals surface area contributed by atoms with Crippen molar-refractivity contribution in [2.75, 3.05) is 0 Å². The van der Waals surface area contributed by atoms with E-state index in [1.165, 1.54) is 0 Å². The molecule has 0 bridgehead atoms. The van der Waals surface area contributed by atoms with Crippen LogP contribution in [-0.2, 0) is 11.4 Å². The van der Waals surface area contributed by atoms with Gasteiger partial charge in [0.2, 0.25) is 0 Å². The van der Waals surface area contributed by atoms with Crippen LogP contribution in [0.2, 0.25) is 0 Å². The molecule has 30 valence electrons. The zero-order chi connectivity index (χ0) is 3.58. The molecule has 1 N–H and O–H groups in total. The summed E-state index contributed by atoms with van der Waals surface area (Å²) in [5.41, 5.74) is 0. The van der Waals surface area contributed by atoms with Gasteiger partial charge in [-0.15, -0.1) is 0 Å². The normalized spacial score (nSPS) is 12.4. The molecule has 1 atom stereocenters. The average molecular weight is 171 g/mol. The van der Waals surface area contributed by atoms with E-state index in [-0.39, 0.29) is 48.3 Å². The molecule has 0 saturated heterocycles. The molecule has 1 unspecified atom stereocenters. The summed E-state index contributed by atoms with van der Waals surface area (Å²) in [6.07, 6.45) is 0. The van der Waals surface area contributed by atoms with Crippen molar-refractivity contribution in [1.82, 2.24) is 0 Å². The van der Waals surface area contributed by atoms with Crippen molar-refractivity contribution in [3.8, 4) is 0 Å². The maximum atomic E-state index is 8.56. The van der Waals surface area contributed by atoms with Gasteiger partial charge in [-0.25, -0.2) is 4.21 Å². The monoisotopic (exact) mass is 171 g/mol. The van der Waals surface area contributed by atoms with E-state index in [0.29, 0.717) is 0 Å². The van der Waals surface area contributed by atoms with Crippen LogP contribution in [0, 0.1) is 0 Å². The summed E-state index contributed by atoms with van der Waals surface area (Å²) < 4.78 is 24.1. The SMILES string of the molecule is O=S([O-])O.[H-].[H-].[Sr+2]. The first-order chi connectivity index (χ1) is 1.73.